The Balaban J connectivity index is 0.000000650. The van der Waals surface area contributed by atoms with Crippen molar-refractivity contribution in [2.75, 3.05) is 7.11 Å². The first-order chi connectivity index (χ1) is 11.5. The van der Waals surface area contributed by atoms with Gasteiger partial charge in [0, 0.05) is 6.42 Å². The summed E-state index contributed by atoms with van der Waals surface area (Å²) in [5.41, 5.74) is 2.22. The zero-order chi connectivity index (χ0) is 18.5. The SMILES string of the molecule is C=CC(=C)C.CC.COc1ccc2cc(CCC(C)=O)ccc2c1. The predicted octanol–water partition coefficient (Wildman–Crippen LogP) is 6.14. The second-order valence-electron chi connectivity index (χ2n) is 5.30. The van der Waals surface area contributed by atoms with Crippen molar-refractivity contribution in [3.8, 4) is 5.75 Å². The molecule has 0 amide bonds. The van der Waals surface area contributed by atoms with E-state index >= 15 is 0 Å². The maximum Gasteiger partial charge on any atom is 0.130 e. The predicted molar refractivity (Wildman–Crippen MR) is 106 cm³/mol. The highest BCUT2D eigenvalue weighted by Gasteiger charge is 2.00. The summed E-state index contributed by atoms with van der Waals surface area (Å²) in [4.78, 5) is 10.9. The molecule has 0 N–H and O–H groups in total. The second-order valence-corrected chi connectivity index (χ2v) is 5.30. The summed E-state index contributed by atoms with van der Waals surface area (Å²) in [5.74, 6) is 1.11. The van der Waals surface area contributed by atoms with Crippen LogP contribution < -0.4 is 4.74 Å². The van der Waals surface area contributed by atoms with E-state index in [4.69, 9.17) is 4.74 Å². The van der Waals surface area contributed by atoms with Gasteiger partial charge in [0.15, 0.2) is 0 Å². The Morgan fingerprint density at radius 2 is 1.62 bits per heavy atom. The van der Waals surface area contributed by atoms with Gasteiger partial charge in [-0.25, -0.2) is 0 Å². The van der Waals surface area contributed by atoms with Gasteiger partial charge < -0.3 is 9.53 Å². The molecular weight excluding hydrogens is 296 g/mol. The van der Waals surface area contributed by atoms with Gasteiger partial charge in [-0.2, -0.15) is 0 Å². The van der Waals surface area contributed by atoms with Crippen molar-refractivity contribution >= 4 is 16.6 Å². The van der Waals surface area contributed by atoms with Crippen LogP contribution >= 0.6 is 0 Å². The molecule has 0 radical (unpaired) electrons. The molecule has 130 valence electrons. The Morgan fingerprint density at radius 3 is 2.12 bits per heavy atom. The molecular formula is C22H30O2. The van der Waals surface area contributed by atoms with Crippen LogP contribution in [0.4, 0.5) is 0 Å². The zero-order valence-corrected chi connectivity index (χ0v) is 15.7. The number of hydrogen-bond donors (Lipinski definition) is 0. The van der Waals surface area contributed by atoms with Crippen molar-refractivity contribution in [1.82, 2.24) is 0 Å². The van der Waals surface area contributed by atoms with E-state index in [2.05, 4.69) is 31.4 Å². The third kappa shape index (κ3) is 8.33. The first-order valence-corrected chi connectivity index (χ1v) is 8.30. The summed E-state index contributed by atoms with van der Waals surface area (Å²) in [6, 6.07) is 12.3. The zero-order valence-electron chi connectivity index (χ0n) is 15.7. The summed E-state index contributed by atoms with van der Waals surface area (Å²) in [5, 5.41) is 2.35. The van der Waals surface area contributed by atoms with Gasteiger partial charge in [-0.1, -0.05) is 62.9 Å². The number of fused-ring (bicyclic) bond motifs is 1. The number of ketones is 1. The monoisotopic (exact) mass is 326 g/mol. The van der Waals surface area contributed by atoms with E-state index < -0.39 is 0 Å². The van der Waals surface area contributed by atoms with Crippen molar-refractivity contribution in [3.63, 3.8) is 0 Å². The van der Waals surface area contributed by atoms with Crippen LogP contribution in [0.15, 0.2) is 61.2 Å². The summed E-state index contributed by atoms with van der Waals surface area (Å²) >= 11 is 0. The second kappa shape index (κ2) is 12.1. The fourth-order valence-corrected chi connectivity index (χ4v) is 1.88. The minimum Gasteiger partial charge on any atom is -0.497 e. The first kappa shape index (κ1) is 21.7. The van der Waals surface area contributed by atoms with E-state index in [1.807, 2.05) is 39.0 Å². The van der Waals surface area contributed by atoms with Crippen LogP contribution in [0.5, 0.6) is 5.75 Å². The molecule has 0 fully saturated rings. The van der Waals surface area contributed by atoms with Gasteiger partial charge in [0.25, 0.3) is 0 Å². The fourth-order valence-electron chi connectivity index (χ4n) is 1.88. The Kier molecular flexibility index (Phi) is 10.9. The first-order valence-electron chi connectivity index (χ1n) is 8.30. The number of hydrogen-bond acceptors (Lipinski definition) is 2. The Bertz CT molecular complexity index is 669. The van der Waals surface area contributed by atoms with Crippen LogP contribution in [0.3, 0.4) is 0 Å². The Morgan fingerprint density at radius 1 is 1.08 bits per heavy atom. The molecule has 0 atom stereocenters. The van der Waals surface area contributed by atoms with Gasteiger partial charge in [-0.15, -0.1) is 0 Å². The molecule has 0 unspecified atom stereocenters. The standard InChI is InChI=1S/C15H16O2.C5H8.C2H6/c1-11(16)3-4-12-5-6-14-10-15(17-2)8-7-13(14)9-12;1-4-5(2)3;1-2/h5-10H,3-4H2,1-2H3;4H,1-2H2,3H3;1-2H3. The molecule has 0 heterocycles. The lowest BCUT2D eigenvalue weighted by molar-refractivity contribution is -0.116. The molecule has 2 aromatic carbocycles. The number of Topliss-reactive ketones (excluding diaryl/α,β-unsaturated/α-hetero) is 1. The molecule has 0 saturated carbocycles. The van der Waals surface area contributed by atoms with E-state index in [9.17, 15) is 4.79 Å². The number of allylic oxidation sites excluding steroid dienone is 2. The van der Waals surface area contributed by atoms with E-state index in [1.165, 1.54) is 10.9 Å². The van der Waals surface area contributed by atoms with Crippen LogP contribution in [0.2, 0.25) is 0 Å². The van der Waals surface area contributed by atoms with E-state index in [0.717, 1.165) is 23.1 Å². The minimum atomic E-state index is 0.236. The van der Waals surface area contributed by atoms with Crippen LogP contribution in [0, 0.1) is 0 Å². The molecule has 0 spiro atoms. The lowest BCUT2D eigenvalue weighted by atomic mass is 10.0. The van der Waals surface area contributed by atoms with Crippen molar-refractivity contribution in [2.24, 2.45) is 0 Å². The molecule has 2 aromatic rings. The third-order valence-electron chi connectivity index (χ3n) is 3.23. The molecule has 0 aliphatic carbocycles. The van der Waals surface area contributed by atoms with Gasteiger partial charge >= 0.3 is 0 Å². The molecule has 0 bridgehead atoms. The molecule has 0 saturated heterocycles. The van der Waals surface area contributed by atoms with Crippen LogP contribution in [0.1, 0.15) is 39.7 Å². The number of carbonyl (C=O) groups is 1. The largest absolute Gasteiger partial charge is 0.497 e. The molecule has 0 aliphatic rings. The molecule has 2 heteroatoms. The minimum absolute atomic E-state index is 0.236. The van der Waals surface area contributed by atoms with Gasteiger partial charge in [0.05, 0.1) is 7.11 Å². The normalized spacial score (nSPS) is 9.04. The summed E-state index contributed by atoms with van der Waals surface area (Å²) in [6.45, 7) is 14.6. The number of rotatable bonds is 5. The van der Waals surface area contributed by atoms with Gasteiger partial charge in [0.2, 0.25) is 0 Å². The molecule has 2 nitrogen and oxygen atoms in total. The molecule has 24 heavy (non-hydrogen) atoms. The quantitative estimate of drug-likeness (QED) is 0.616. The lowest BCUT2D eigenvalue weighted by Gasteiger charge is -2.05. The van der Waals surface area contributed by atoms with Crippen LogP contribution in [0.25, 0.3) is 10.8 Å². The highest BCUT2D eigenvalue weighted by molar-refractivity contribution is 5.84. The van der Waals surface area contributed by atoms with Crippen molar-refractivity contribution in [2.45, 2.75) is 40.5 Å². The summed E-state index contributed by atoms with van der Waals surface area (Å²) < 4.78 is 5.19. The summed E-state index contributed by atoms with van der Waals surface area (Å²) in [6.07, 6.45) is 3.15. The number of carbonyl (C=O) groups excluding carboxylic acids is 1. The molecule has 0 aliphatic heterocycles. The van der Waals surface area contributed by atoms with Gasteiger partial charge in [-0.3, -0.25) is 0 Å². The van der Waals surface area contributed by atoms with E-state index in [0.29, 0.717) is 6.42 Å². The smallest absolute Gasteiger partial charge is 0.130 e. The number of methoxy groups -OCH3 is 1. The molecule has 0 aromatic heterocycles. The van der Waals surface area contributed by atoms with Crippen LogP contribution in [-0.4, -0.2) is 12.9 Å². The van der Waals surface area contributed by atoms with Crippen molar-refractivity contribution in [3.05, 3.63) is 66.8 Å². The topological polar surface area (TPSA) is 26.3 Å². The number of benzene rings is 2. The van der Waals surface area contributed by atoms with E-state index in [-0.39, 0.29) is 5.78 Å². The fraction of sp³-hybridized carbons (Fsp3) is 0.318. The Hall–Kier alpha value is -2.35. The van der Waals surface area contributed by atoms with Crippen molar-refractivity contribution < 1.29 is 9.53 Å². The Labute approximate surface area is 146 Å². The molecule has 2 rings (SSSR count). The summed E-state index contributed by atoms with van der Waals surface area (Å²) in [7, 11) is 1.67. The van der Waals surface area contributed by atoms with E-state index in [1.54, 1.807) is 20.1 Å². The van der Waals surface area contributed by atoms with Crippen molar-refractivity contribution in [1.29, 1.82) is 0 Å². The van der Waals surface area contributed by atoms with Gasteiger partial charge in [0.1, 0.15) is 11.5 Å². The highest BCUT2D eigenvalue weighted by atomic mass is 16.5. The van der Waals surface area contributed by atoms with Crippen LogP contribution in [-0.2, 0) is 11.2 Å². The number of ether oxygens (including phenoxy) is 1. The average molecular weight is 326 g/mol. The maximum absolute atomic E-state index is 10.9. The highest BCUT2D eigenvalue weighted by Crippen LogP contribution is 2.22. The lowest BCUT2D eigenvalue weighted by Crippen LogP contribution is -1.93. The van der Waals surface area contributed by atoms with Gasteiger partial charge in [-0.05, 0) is 48.7 Å². The third-order valence-corrected chi connectivity index (χ3v) is 3.23. The number of aryl methyl sites for hydroxylation is 1. The maximum atomic E-state index is 10.9. The average Bonchev–Trinajstić information content (AvgIpc) is 2.61.